The maximum Gasteiger partial charge on any atom is 0.271 e. The molecular weight excluding hydrogens is 336 g/mol. The summed E-state index contributed by atoms with van der Waals surface area (Å²) in [5.41, 5.74) is 2.56. The molecule has 0 spiro atoms. The monoisotopic (exact) mass is 356 g/mol. The highest BCUT2D eigenvalue weighted by atomic mass is 32.1. The topological polar surface area (TPSA) is 50.1 Å². The van der Waals surface area contributed by atoms with Gasteiger partial charge in [0.05, 0.1) is 12.8 Å². The van der Waals surface area contributed by atoms with Crippen LogP contribution in [0.1, 0.15) is 10.5 Å². The van der Waals surface area contributed by atoms with Gasteiger partial charge < -0.3 is 14.5 Å². The second kappa shape index (κ2) is 6.50. The highest BCUT2D eigenvalue weighted by Crippen LogP contribution is 2.26. The summed E-state index contributed by atoms with van der Waals surface area (Å²) < 4.78 is 7.10. The first kappa shape index (κ1) is 16.1. The van der Waals surface area contributed by atoms with E-state index < -0.39 is 0 Å². The van der Waals surface area contributed by atoms with Crippen molar-refractivity contribution in [3.63, 3.8) is 0 Å². The largest absolute Gasteiger partial charge is 0.497 e. The maximum absolute atomic E-state index is 12.9. The summed E-state index contributed by atoms with van der Waals surface area (Å²) in [5, 5.41) is 1.90. The number of thiazole rings is 1. The summed E-state index contributed by atoms with van der Waals surface area (Å²) in [4.78, 5) is 22.5. The summed E-state index contributed by atoms with van der Waals surface area (Å²) in [6, 6.07) is 7.79. The van der Waals surface area contributed by atoms with E-state index in [1.165, 1.54) is 11.3 Å². The van der Waals surface area contributed by atoms with E-state index in [4.69, 9.17) is 4.74 Å². The highest BCUT2D eigenvalue weighted by Gasteiger charge is 2.23. The van der Waals surface area contributed by atoms with Gasteiger partial charge in [0, 0.05) is 43.3 Å². The van der Waals surface area contributed by atoms with Crippen LogP contribution in [0.4, 0.5) is 0 Å². The van der Waals surface area contributed by atoms with Gasteiger partial charge >= 0.3 is 0 Å². The minimum atomic E-state index is 0.0815. The van der Waals surface area contributed by atoms with Crippen LogP contribution < -0.4 is 4.74 Å². The van der Waals surface area contributed by atoms with Gasteiger partial charge in [0.15, 0.2) is 4.96 Å². The third-order valence-electron chi connectivity index (χ3n) is 4.60. The van der Waals surface area contributed by atoms with Gasteiger partial charge in [-0.1, -0.05) is 0 Å². The lowest BCUT2D eigenvalue weighted by atomic mass is 10.2. The van der Waals surface area contributed by atoms with Crippen molar-refractivity contribution in [2.45, 2.75) is 0 Å². The Labute approximate surface area is 150 Å². The van der Waals surface area contributed by atoms with Crippen LogP contribution in [-0.4, -0.2) is 65.4 Å². The number of rotatable bonds is 3. The standard InChI is InChI=1S/C18H20N4O2S/c1-20-7-9-21(10-8-20)17(23)16-12-25-18-19-15(11-22(16)18)13-3-5-14(24-2)6-4-13/h3-6,11-12H,7-10H2,1-2H3. The molecule has 25 heavy (non-hydrogen) atoms. The van der Waals surface area contributed by atoms with Gasteiger partial charge in [0.2, 0.25) is 0 Å². The van der Waals surface area contributed by atoms with Crippen LogP contribution in [0.3, 0.4) is 0 Å². The molecule has 0 unspecified atom stereocenters. The third kappa shape index (κ3) is 3.01. The quantitative estimate of drug-likeness (QED) is 0.723. The molecule has 0 N–H and O–H groups in total. The molecule has 7 heteroatoms. The SMILES string of the molecule is COc1ccc(-c2cn3c(C(=O)N4CCN(C)CC4)csc3n2)cc1. The number of carbonyl (C=O) groups is 1. The predicted molar refractivity (Wildman–Crippen MR) is 98.5 cm³/mol. The van der Waals surface area contributed by atoms with E-state index in [-0.39, 0.29) is 5.91 Å². The number of fused-ring (bicyclic) bond motifs is 1. The van der Waals surface area contributed by atoms with E-state index >= 15 is 0 Å². The van der Waals surface area contributed by atoms with Crippen molar-refractivity contribution < 1.29 is 9.53 Å². The van der Waals surface area contributed by atoms with E-state index in [0.29, 0.717) is 5.69 Å². The number of likely N-dealkylation sites (N-methyl/N-ethyl adjacent to an activating group) is 1. The molecule has 1 aliphatic rings. The summed E-state index contributed by atoms with van der Waals surface area (Å²) in [7, 11) is 3.74. The Balaban J connectivity index is 1.62. The van der Waals surface area contributed by atoms with Crippen molar-refractivity contribution in [2.75, 3.05) is 40.3 Å². The number of carbonyl (C=O) groups excluding carboxylic acids is 1. The molecule has 1 amide bonds. The fourth-order valence-electron chi connectivity index (χ4n) is 3.01. The van der Waals surface area contributed by atoms with E-state index in [9.17, 15) is 4.79 Å². The van der Waals surface area contributed by atoms with Gasteiger partial charge in [-0.2, -0.15) is 0 Å². The molecule has 1 aliphatic heterocycles. The Morgan fingerprint density at radius 2 is 1.88 bits per heavy atom. The molecule has 2 aromatic heterocycles. The molecule has 3 aromatic rings. The van der Waals surface area contributed by atoms with Gasteiger partial charge in [0.25, 0.3) is 5.91 Å². The fourth-order valence-corrected chi connectivity index (χ4v) is 3.86. The lowest BCUT2D eigenvalue weighted by molar-refractivity contribution is 0.0657. The Morgan fingerprint density at radius 1 is 1.16 bits per heavy atom. The zero-order valence-corrected chi connectivity index (χ0v) is 15.1. The first-order chi connectivity index (χ1) is 12.2. The van der Waals surface area contributed by atoms with E-state index in [1.807, 2.05) is 45.1 Å². The van der Waals surface area contributed by atoms with Crippen molar-refractivity contribution in [2.24, 2.45) is 0 Å². The van der Waals surface area contributed by atoms with Crippen LogP contribution in [0.15, 0.2) is 35.8 Å². The first-order valence-corrected chi connectivity index (χ1v) is 9.12. The van der Waals surface area contributed by atoms with Crippen LogP contribution in [0.5, 0.6) is 5.75 Å². The number of benzene rings is 1. The molecule has 0 atom stereocenters. The van der Waals surface area contributed by atoms with Crippen LogP contribution in [-0.2, 0) is 0 Å². The maximum atomic E-state index is 12.9. The molecule has 6 nitrogen and oxygen atoms in total. The average Bonchev–Trinajstić information content (AvgIpc) is 3.22. The summed E-state index contributed by atoms with van der Waals surface area (Å²) in [5.74, 6) is 0.897. The van der Waals surface area contributed by atoms with Gasteiger partial charge in [0.1, 0.15) is 11.4 Å². The van der Waals surface area contributed by atoms with E-state index in [0.717, 1.165) is 48.1 Å². The fraction of sp³-hybridized carbons (Fsp3) is 0.333. The van der Waals surface area contributed by atoms with Crippen LogP contribution in [0.25, 0.3) is 16.2 Å². The number of piperazine rings is 1. The Kier molecular flexibility index (Phi) is 4.19. The van der Waals surface area contributed by atoms with Gasteiger partial charge in [-0.15, -0.1) is 11.3 Å². The minimum absolute atomic E-state index is 0.0815. The van der Waals surface area contributed by atoms with Gasteiger partial charge in [-0.25, -0.2) is 4.98 Å². The average molecular weight is 356 g/mol. The minimum Gasteiger partial charge on any atom is -0.497 e. The molecule has 1 saturated heterocycles. The number of aromatic nitrogens is 2. The predicted octanol–water partition coefficient (Wildman–Crippen LogP) is 2.46. The molecule has 4 rings (SSSR count). The van der Waals surface area contributed by atoms with Crippen LogP contribution in [0, 0.1) is 0 Å². The van der Waals surface area contributed by atoms with Crippen LogP contribution >= 0.6 is 11.3 Å². The molecular formula is C18H20N4O2S. The lowest BCUT2D eigenvalue weighted by Crippen LogP contribution is -2.47. The number of nitrogens with zero attached hydrogens (tertiary/aromatic N) is 4. The Hall–Kier alpha value is -2.38. The second-order valence-electron chi connectivity index (χ2n) is 6.22. The number of methoxy groups -OCH3 is 1. The smallest absolute Gasteiger partial charge is 0.271 e. The van der Waals surface area contributed by atoms with E-state index in [1.54, 1.807) is 7.11 Å². The lowest BCUT2D eigenvalue weighted by Gasteiger charge is -2.32. The molecule has 1 fully saturated rings. The van der Waals surface area contributed by atoms with Crippen molar-refractivity contribution in [3.8, 4) is 17.0 Å². The molecule has 0 saturated carbocycles. The summed E-state index contributed by atoms with van der Waals surface area (Å²) >= 11 is 1.50. The highest BCUT2D eigenvalue weighted by molar-refractivity contribution is 7.15. The Morgan fingerprint density at radius 3 is 2.56 bits per heavy atom. The molecule has 0 radical (unpaired) electrons. The summed E-state index contributed by atoms with van der Waals surface area (Å²) in [6.07, 6.45) is 1.94. The van der Waals surface area contributed by atoms with Crippen molar-refractivity contribution in [1.82, 2.24) is 19.2 Å². The van der Waals surface area contributed by atoms with Crippen LogP contribution in [0.2, 0.25) is 0 Å². The first-order valence-electron chi connectivity index (χ1n) is 8.24. The van der Waals surface area contributed by atoms with Crippen molar-refractivity contribution in [1.29, 1.82) is 0 Å². The number of amides is 1. The zero-order chi connectivity index (χ0) is 17.4. The van der Waals surface area contributed by atoms with Gasteiger partial charge in [-0.3, -0.25) is 9.20 Å². The Bertz CT molecular complexity index is 892. The van der Waals surface area contributed by atoms with Crippen molar-refractivity contribution >= 4 is 22.2 Å². The second-order valence-corrected chi connectivity index (χ2v) is 7.06. The number of hydrogen-bond acceptors (Lipinski definition) is 5. The molecule has 0 aliphatic carbocycles. The molecule has 1 aromatic carbocycles. The summed E-state index contributed by atoms with van der Waals surface area (Å²) in [6.45, 7) is 3.37. The zero-order valence-electron chi connectivity index (χ0n) is 14.3. The van der Waals surface area contributed by atoms with Gasteiger partial charge in [-0.05, 0) is 31.3 Å². The molecule has 0 bridgehead atoms. The van der Waals surface area contributed by atoms with Crippen molar-refractivity contribution in [3.05, 3.63) is 41.5 Å². The number of imidazole rings is 1. The number of ether oxygens (including phenoxy) is 1. The molecule has 3 heterocycles. The van der Waals surface area contributed by atoms with E-state index in [2.05, 4.69) is 16.9 Å². The molecule has 130 valence electrons. The normalized spacial score (nSPS) is 15.7. The number of hydrogen-bond donors (Lipinski definition) is 0. The third-order valence-corrected chi connectivity index (χ3v) is 5.44.